The predicted molar refractivity (Wildman–Crippen MR) is 47.3 cm³/mol. The van der Waals surface area contributed by atoms with Gasteiger partial charge in [0, 0.05) is 5.56 Å². The van der Waals surface area contributed by atoms with Crippen LogP contribution in [0.25, 0.3) is 0 Å². The molecule has 0 fully saturated rings. The second kappa shape index (κ2) is 4.11. The standard InChI is InChI=1S/C10H8F4O2/c1-16-8(15)9(11,10(12,13)14)7-5-3-2-4-6-7/h2-6H,1H3. The van der Waals surface area contributed by atoms with E-state index in [1.807, 2.05) is 0 Å². The molecule has 1 atom stereocenters. The van der Waals surface area contributed by atoms with Gasteiger partial charge >= 0.3 is 17.8 Å². The maximum absolute atomic E-state index is 13.8. The number of alkyl halides is 4. The van der Waals surface area contributed by atoms with Crippen LogP contribution in [0.5, 0.6) is 0 Å². The summed E-state index contributed by atoms with van der Waals surface area (Å²) >= 11 is 0. The summed E-state index contributed by atoms with van der Waals surface area (Å²) in [6.07, 6.45) is -5.36. The molecule has 1 rings (SSSR count). The van der Waals surface area contributed by atoms with Gasteiger partial charge < -0.3 is 4.74 Å². The summed E-state index contributed by atoms with van der Waals surface area (Å²) in [6, 6.07) is 5.59. The summed E-state index contributed by atoms with van der Waals surface area (Å²) in [4.78, 5) is 11.0. The third-order valence-corrected chi connectivity index (χ3v) is 2.03. The van der Waals surface area contributed by atoms with Gasteiger partial charge in [-0.05, 0) is 0 Å². The molecule has 6 heteroatoms. The zero-order valence-electron chi connectivity index (χ0n) is 8.22. The summed E-state index contributed by atoms with van der Waals surface area (Å²) < 4.78 is 55.3. The fourth-order valence-electron chi connectivity index (χ4n) is 1.21. The van der Waals surface area contributed by atoms with E-state index < -0.39 is 23.4 Å². The summed E-state index contributed by atoms with van der Waals surface area (Å²) in [5.41, 5.74) is -4.92. The minimum Gasteiger partial charge on any atom is -0.466 e. The summed E-state index contributed by atoms with van der Waals surface area (Å²) in [6.45, 7) is 0. The van der Waals surface area contributed by atoms with Crippen molar-refractivity contribution >= 4 is 5.97 Å². The highest BCUT2D eigenvalue weighted by atomic mass is 19.4. The maximum atomic E-state index is 13.8. The van der Waals surface area contributed by atoms with Crippen molar-refractivity contribution in [2.24, 2.45) is 0 Å². The van der Waals surface area contributed by atoms with Gasteiger partial charge in [0.25, 0.3) is 0 Å². The van der Waals surface area contributed by atoms with E-state index in [-0.39, 0.29) is 0 Å². The summed E-state index contributed by atoms with van der Waals surface area (Å²) in [5.74, 6) is -1.98. The molecule has 0 N–H and O–H groups in total. The molecule has 88 valence electrons. The Morgan fingerprint density at radius 1 is 1.12 bits per heavy atom. The first-order valence-corrected chi connectivity index (χ1v) is 4.23. The zero-order chi connectivity index (χ0) is 12.4. The topological polar surface area (TPSA) is 26.3 Å². The Morgan fingerprint density at radius 3 is 2.00 bits per heavy atom. The minimum atomic E-state index is -5.36. The smallest absolute Gasteiger partial charge is 0.437 e. The fraction of sp³-hybridized carbons (Fsp3) is 0.300. The molecule has 1 aromatic carbocycles. The maximum Gasteiger partial charge on any atom is 0.437 e. The Hall–Kier alpha value is -1.59. The van der Waals surface area contributed by atoms with E-state index in [9.17, 15) is 22.4 Å². The molecule has 0 spiro atoms. The van der Waals surface area contributed by atoms with Crippen LogP contribution in [0.3, 0.4) is 0 Å². The fourth-order valence-corrected chi connectivity index (χ4v) is 1.21. The largest absolute Gasteiger partial charge is 0.466 e. The zero-order valence-corrected chi connectivity index (χ0v) is 8.22. The molecule has 0 aliphatic heterocycles. The van der Waals surface area contributed by atoms with Crippen molar-refractivity contribution in [2.45, 2.75) is 11.8 Å². The molecule has 1 unspecified atom stereocenters. The first-order chi connectivity index (χ1) is 7.34. The van der Waals surface area contributed by atoms with E-state index in [4.69, 9.17) is 0 Å². The van der Waals surface area contributed by atoms with Crippen LogP contribution >= 0.6 is 0 Å². The molecular formula is C10H8F4O2. The molecule has 0 aliphatic carbocycles. The number of esters is 1. The number of carbonyl (C=O) groups is 1. The first-order valence-electron chi connectivity index (χ1n) is 4.23. The Kier molecular flexibility index (Phi) is 3.21. The van der Waals surface area contributed by atoms with E-state index in [1.54, 1.807) is 0 Å². The number of ether oxygens (including phenoxy) is 1. The van der Waals surface area contributed by atoms with Crippen molar-refractivity contribution in [3.8, 4) is 0 Å². The molecule has 0 aliphatic rings. The molecule has 16 heavy (non-hydrogen) atoms. The number of halogens is 4. The molecule has 0 aromatic heterocycles. The summed E-state index contributed by atoms with van der Waals surface area (Å²) in [5, 5.41) is 0. The highest BCUT2D eigenvalue weighted by Gasteiger charge is 2.64. The van der Waals surface area contributed by atoms with E-state index in [2.05, 4.69) is 4.74 Å². The van der Waals surface area contributed by atoms with E-state index in [0.717, 1.165) is 12.1 Å². The number of methoxy groups -OCH3 is 1. The van der Waals surface area contributed by atoms with Gasteiger partial charge in [0.15, 0.2) is 0 Å². The lowest BCUT2D eigenvalue weighted by Gasteiger charge is -2.25. The van der Waals surface area contributed by atoms with Gasteiger partial charge in [0.1, 0.15) is 0 Å². The second-order valence-electron chi connectivity index (χ2n) is 3.01. The lowest BCUT2D eigenvalue weighted by Crippen LogP contribution is -2.46. The third kappa shape index (κ3) is 1.87. The molecule has 0 bridgehead atoms. The van der Waals surface area contributed by atoms with Gasteiger partial charge in [0.05, 0.1) is 7.11 Å². The van der Waals surface area contributed by atoms with Crippen LogP contribution in [0, 0.1) is 0 Å². The van der Waals surface area contributed by atoms with E-state index in [1.165, 1.54) is 18.2 Å². The highest BCUT2D eigenvalue weighted by Crippen LogP contribution is 2.43. The van der Waals surface area contributed by atoms with Gasteiger partial charge in [-0.1, -0.05) is 30.3 Å². The number of hydrogen-bond acceptors (Lipinski definition) is 2. The van der Waals surface area contributed by atoms with Crippen LogP contribution < -0.4 is 0 Å². The lowest BCUT2D eigenvalue weighted by atomic mass is 9.95. The van der Waals surface area contributed by atoms with Crippen molar-refractivity contribution in [3.05, 3.63) is 35.9 Å². The number of hydrogen-bond donors (Lipinski definition) is 0. The van der Waals surface area contributed by atoms with Crippen molar-refractivity contribution in [3.63, 3.8) is 0 Å². The molecule has 0 heterocycles. The molecule has 0 saturated carbocycles. The van der Waals surface area contributed by atoms with Crippen LogP contribution in [0.2, 0.25) is 0 Å². The van der Waals surface area contributed by atoms with Gasteiger partial charge in [0.2, 0.25) is 0 Å². The van der Waals surface area contributed by atoms with E-state index in [0.29, 0.717) is 7.11 Å². The quantitative estimate of drug-likeness (QED) is 0.582. The molecule has 0 amide bonds. The average molecular weight is 236 g/mol. The number of rotatable bonds is 2. The van der Waals surface area contributed by atoms with Crippen molar-refractivity contribution in [1.29, 1.82) is 0 Å². The van der Waals surface area contributed by atoms with Crippen LogP contribution in [-0.4, -0.2) is 19.3 Å². The highest BCUT2D eigenvalue weighted by molar-refractivity contribution is 5.82. The van der Waals surface area contributed by atoms with Gasteiger partial charge in [-0.15, -0.1) is 0 Å². The van der Waals surface area contributed by atoms with Crippen LogP contribution in [0.1, 0.15) is 5.56 Å². The normalized spacial score (nSPS) is 15.3. The Morgan fingerprint density at radius 2 is 1.62 bits per heavy atom. The minimum absolute atomic E-state index is 0.700. The molecule has 2 nitrogen and oxygen atoms in total. The Balaban J connectivity index is 3.32. The Labute approximate surface area is 88.8 Å². The van der Waals surface area contributed by atoms with Crippen LogP contribution in [0.15, 0.2) is 30.3 Å². The van der Waals surface area contributed by atoms with Crippen molar-refractivity contribution in [2.75, 3.05) is 7.11 Å². The van der Waals surface area contributed by atoms with Crippen molar-refractivity contribution < 1.29 is 27.1 Å². The lowest BCUT2D eigenvalue weighted by molar-refractivity contribution is -0.242. The third-order valence-electron chi connectivity index (χ3n) is 2.03. The van der Waals surface area contributed by atoms with Gasteiger partial charge in [-0.25, -0.2) is 9.18 Å². The molecular weight excluding hydrogens is 228 g/mol. The monoisotopic (exact) mass is 236 g/mol. The van der Waals surface area contributed by atoms with E-state index >= 15 is 0 Å². The molecule has 0 radical (unpaired) electrons. The molecule has 1 aromatic rings. The SMILES string of the molecule is COC(=O)C(F)(c1ccccc1)C(F)(F)F. The van der Waals surface area contributed by atoms with Gasteiger partial charge in [-0.2, -0.15) is 13.2 Å². The number of benzene rings is 1. The molecule has 0 saturated heterocycles. The predicted octanol–water partition coefficient (Wildman–Crippen LogP) is 2.59. The summed E-state index contributed by atoms with van der Waals surface area (Å²) in [7, 11) is 0.700. The number of carbonyl (C=O) groups excluding carboxylic acids is 1. The Bertz CT molecular complexity index is 374. The second-order valence-corrected chi connectivity index (χ2v) is 3.01. The average Bonchev–Trinajstić information content (AvgIpc) is 2.26. The van der Waals surface area contributed by atoms with Crippen molar-refractivity contribution in [1.82, 2.24) is 0 Å². The first kappa shape index (κ1) is 12.5. The van der Waals surface area contributed by atoms with Gasteiger partial charge in [-0.3, -0.25) is 0 Å². The van der Waals surface area contributed by atoms with Crippen LogP contribution in [-0.2, 0) is 15.2 Å². The van der Waals surface area contributed by atoms with Crippen LogP contribution in [0.4, 0.5) is 17.6 Å².